The summed E-state index contributed by atoms with van der Waals surface area (Å²) in [6.45, 7) is 7.16. The molecular formula is C10H16N2O. The molecule has 0 radical (unpaired) electrons. The lowest BCUT2D eigenvalue weighted by Crippen LogP contribution is -2.38. The van der Waals surface area contributed by atoms with Gasteiger partial charge in [-0.3, -0.25) is 0 Å². The molecule has 72 valence electrons. The third-order valence-electron chi connectivity index (χ3n) is 2.27. The molecule has 0 aromatic heterocycles. The van der Waals surface area contributed by atoms with E-state index in [1.54, 1.807) is 13.8 Å². The molecule has 13 heavy (non-hydrogen) atoms. The van der Waals surface area contributed by atoms with E-state index in [9.17, 15) is 0 Å². The van der Waals surface area contributed by atoms with Gasteiger partial charge in [-0.15, -0.1) is 0 Å². The SMILES string of the molecule is CCC(C)(C#N)OC(C)(C#N)CC. The van der Waals surface area contributed by atoms with Crippen LogP contribution >= 0.6 is 0 Å². The Labute approximate surface area is 79.9 Å². The van der Waals surface area contributed by atoms with Crippen molar-refractivity contribution in [3.8, 4) is 12.1 Å². The summed E-state index contributed by atoms with van der Waals surface area (Å²) in [5, 5.41) is 17.7. The van der Waals surface area contributed by atoms with Crippen LogP contribution in [0.25, 0.3) is 0 Å². The highest BCUT2D eigenvalue weighted by Gasteiger charge is 2.33. The van der Waals surface area contributed by atoms with Crippen LogP contribution in [0.1, 0.15) is 40.5 Å². The number of rotatable bonds is 4. The first-order chi connectivity index (χ1) is 5.95. The van der Waals surface area contributed by atoms with E-state index in [0.29, 0.717) is 12.8 Å². The van der Waals surface area contributed by atoms with Crippen molar-refractivity contribution < 1.29 is 4.74 Å². The molecule has 0 aromatic carbocycles. The molecule has 0 amide bonds. The predicted octanol–water partition coefficient (Wildman–Crippen LogP) is 2.39. The second kappa shape index (κ2) is 4.25. The lowest BCUT2D eigenvalue weighted by Gasteiger charge is -2.30. The molecule has 0 aliphatic carbocycles. The van der Waals surface area contributed by atoms with Gasteiger partial charge in [-0.25, -0.2) is 0 Å². The zero-order valence-electron chi connectivity index (χ0n) is 8.72. The summed E-state index contributed by atoms with van der Waals surface area (Å²) in [5.74, 6) is 0. The average molecular weight is 180 g/mol. The average Bonchev–Trinajstić information content (AvgIpc) is 2.17. The maximum atomic E-state index is 8.86. The van der Waals surface area contributed by atoms with Gasteiger partial charge in [0.25, 0.3) is 0 Å². The second-order valence-corrected chi connectivity index (χ2v) is 3.49. The topological polar surface area (TPSA) is 56.8 Å². The molecule has 0 heterocycles. The molecule has 0 spiro atoms. The Bertz CT molecular complexity index is 225. The van der Waals surface area contributed by atoms with Gasteiger partial charge >= 0.3 is 0 Å². The maximum Gasteiger partial charge on any atom is 0.153 e. The largest absolute Gasteiger partial charge is 0.339 e. The molecule has 3 nitrogen and oxygen atoms in total. The first-order valence-corrected chi connectivity index (χ1v) is 4.48. The van der Waals surface area contributed by atoms with Gasteiger partial charge in [0.2, 0.25) is 0 Å². The molecule has 0 saturated carbocycles. The molecule has 0 saturated heterocycles. The Morgan fingerprint density at radius 1 is 1.00 bits per heavy atom. The van der Waals surface area contributed by atoms with Crippen molar-refractivity contribution in [1.29, 1.82) is 10.5 Å². The molecule has 2 unspecified atom stereocenters. The van der Waals surface area contributed by atoms with E-state index >= 15 is 0 Å². The van der Waals surface area contributed by atoms with Crippen molar-refractivity contribution in [1.82, 2.24) is 0 Å². The Balaban J connectivity index is 4.61. The fourth-order valence-electron chi connectivity index (χ4n) is 0.845. The van der Waals surface area contributed by atoms with Crippen molar-refractivity contribution in [2.45, 2.75) is 51.7 Å². The van der Waals surface area contributed by atoms with Crippen molar-refractivity contribution in [3.05, 3.63) is 0 Å². The number of hydrogen-bond donors (Lipinski definition) is 0. The fraction of sp³-hybridized carbons (Fsp3) is 0.800. The van der Waals surface area contributed by atoms with E-state index < -0.39 is 11.2 Å². The summed E-state index contributed by atoms with van der Waals surface area (Å²) in [6.07, 6.45) is 1.17. The van der Waals surface area contributed by atoms with Gasteiger partial charge in [0.05, 0.1) is 12.1 Å². The monoisotopic (exact) mass is 180 g/mol. The van der Waals surface area contributed by atoms with Crippen LogP contribution < -0.4 is 0 Å². The van der Waals surface area contributed by atoms with Gasteiger partial charge in [0.15, 0.2) is 11.2 Å². The van der Waals surface area contributed by atoms with E-state index in [1.165, 1.54) is 0 Å². The molecule has 0 aromatic rings. The molecule has 0 rings (SSSR count). The third kappa shape index (κ3) is 3.05. The number of nitrogens with zero attached hydrogens (tertiary/aromatic N) is 2. The van der Waals surface area contributed by atoms with Crippen LogP contribution in [0.15, 0.2) is 0 Å². The standard InChI is InChI=1S/C10H16N2O/c1-5-9(3,7-11)13-10(4,6-2)8-12/h5-6H2,1-4H3. The third-order valence-corrected chi connectivity index (χ3v) is 2.27. The van der Waals surface area contributed by atoms with Gasteiger partial charge in [-0.05, 0) is 26.7 Å². The molecule has 0 aliphatic rings. The van der Waals surface area contributed by atoms with Crippen LogP contribution in [0.5, 0.6) is 0 Å². The highest BCUT2D eigenvalue weighted by atomic mass is 16.5. The minimum Gasteiger partial charge on any atom is -0.339 e. The smallest absolute Gasteiger partial charge is 0.153 e. The first kappa shape index (κ1) is 11.9. The van der Waals surface area contributed by atoms with Gasteiger partial charge in [0.1, 0.15) is 0 Å². The van der Waals surface area contributed by atoms with E-state index in [0.717, 1.165) is 0 Å². The molecule has 0 fully saturated rings. The summed E-state index contributed by atoms with van der Waals surface area (Å²) in [4.78, 5) is 0. The van der Waals surface area contributed by atoms with Crippen LogP contribution in [0.4, 0.5) is 0 Å². The van der Waals surface area contributed by atoms with E-state index in [4.69, 9.17) is 15.3 Å². The molecule has 0 aliphatic heterocycles. The lowest BCUT2D eigenvalue weighted by atomic mass is 10.0. The Morgan fingerprint density at radius 2 is 1.31 bits per heavy atom. The minimum absolute atomic E-state index is 0.584. The minimum atomic E-state index is -0.847. The molecular weight excluding hydrogens is 164 g/mol. The fourth-order valence-corrected chi connectivity index (χ4v) is 0.845. The predicted molar refractivity (Wildman–Crippen MR) is 49.7 cm³/mol. The number of hydrogen-bond acceptors (Lipinski definition) is 3. The molecule has 0 bridgehead atoms. The zero-order chi connectivity index (χ0) is 10.5. The lowest BCUT2D eigenvalue weighted by molar-refractivity contribution is -0.0830. The summed E-state index contributed by atoms with van der Waals surface area (Å²) < 4.78 is 5.50. The van der Waals surface area contributed by atoms with Gasteiger partial charge in [0, 0.05) is 0 Å². The van der Waals surface area contributed by atoms with Crippen LogP contribution in [0.3, 0.4) is 0 Å². The van der Waals surface area contributed by atoms with Crippen molar-refractivity contribution >= 4 is 0 Å². The molecule has 2 atom stereocenters. The van der Waals surface area contributed by atoms with Gasteiger partial charge in [-0.2, -0.15) is 10.5 Å². The van der Waals surface area contributed by atoms with Crippen molar-refractivity contribution in [3.63, 3.8) is 0 Å². The van der Waals surface area contributed by atoms with Crippen molar-refractivity contribution in [2.24, 2.45) is 0 Å². The maximum absolute atomic E-state index is 8.86. The van der Waals surface area contributed by atoms with Crippen LogP contribution in [-0.4, -0.2) is 11.2 Å². The van der Waals surface area contributed by atoms with Crippen LogP contribution in [0, 0.1) is 22.7 Å². The van der Waals surface area contributed by atoms with Gasteiger partial charge in [-0.1, -0.05) is 13.8 Å². The highest BCUT2D eigenvalue weighted by molar-refractivity contribution is 5.05. The number of ether oxygens (including phenoxy) is 1. The summed E-state index contributed by atoms with van der Waals surface area (Å²) in [5.41, 5.74) is -1.69. The van der Waals surface area contributed by atoms with Crippen molar-refractivity contribution in [2.75, 3.05) is 0 Å². The quantitative estimate of drug-likeness (QED) is 0.667. The Kier molecular flexibility index (Phi) is 3.91. The summed E-state index contributed by atoms with van der Waals surface area (Å²) in [7, 11) is 0. The van der Waals surface area contributed by atoms with Crippen LogP contribution in [0.2, 0.25) is 0 Å². The second-order valence-electron chi connectivity index (χ2n) is 3.49. The number of nitriles is 2. The highest BCUT2D eigenvalue weighted by Crippen LogP contribution is 2.24. The molecule has 0 N–H and O–H groups in total. The van der Waals surface area contributed by atoms with E-state index in [-0.39, 0.29) is 0 Å². The summed E-state index contributed by atoms with van der Waals surface area (Å²) in [6, 6.07) is 4.16. The summed E-state index contributed by atoms with van der Waals surface area (Å²) >= 11 is 0. The van der Waals surface area contributed by atoms with Crippen LogP contribution in [-0.2, 0) is 4.74 Å². The Morgan fingerprint density at radius 3 is 1.46 bits per heavy atom. The Hall–Kier alpha value is -1.06. The van der Waals surface area contributed by atoms with E-state index in [2.05, 4.69) is 12.1 Å². The zero-order valence-corrected chi connectivity index (χ0v) is 8.72. The van der Waals surface area contributed by atoms with Gasteiger partial charge < -0.3 is 4.74 Å². The first-order valence-electron chi connectivity index (χ1n) is 4.48. The molecule has 3 heteroatoms. The van der Waals surface area contributed by atoms with E-state index in [1.807, 2.05) is 13.8 Å². The normalized spacial score (nSPS) is 19.2.